The Bertz CT molecular complexity index is 793. The lowest BCUT2D eigenvalue weighted by molar-refractivity contribution is 0.246. The topological polar surface area (TPSA) is 73.8 Å². The van der Waals surface area contributed by atoms with Gasteiger partial charge in [0, 0.05) is 38.9 Å². The van der Waals surface area contributed by atoms with Gasteiger partial charge in [0.05, 0.1) is 17.0 Å². The van der Waals surface area contributed by atoms with Gasteiger partial charge in [-0.1, -0.05) is 11.6 Å². The van der Waals surface area contributed by atoms with Crippen LogP contribution in [0.25, 0.3) is 11.2 Å². The van der Waals surface area contributed by atoms with E-state index in [9.17, 15) is 0 Å². The van der Waals surface area contributed by atoms with Gasteiger partial charge in [0.2, 0.25) is 0 Å². The summed E-state index contributed by atoms with van der Waals surface area (Å²) in [7, 11) is 0. The number of H-pyrrole nitrogens is 1. The van der Waals surface area contributed by atoms with Crippen molar-refractivity contribution in [3.05, 3.63) is 41.7 Å². The van der Waals surface area contributed by atoms with Crippen LogP contribution in [0.2, 0.25) is 5.02 Å². The van der Waals surface area contributed by atoms with E-state index in [0.29, 0.717) is 10.7 Å². The van der Waals surface area contributed by atoms with Gasteiger partial charge in [-0.25, -0.2) is 15.0 Å². The van der Waals surface area contributed by atoms with Crippen LogP contribution in [-0.4, -0.2) is 56.0 Å². The van der Waals surface area contributed by atoms with Crippen molar-refractivity contribution in [2.75, 3.05) is 31.1 Å². The lowest BCUT2D eigenvalue weighted by Crippen LogP contribution is -2.46. The molecule has 118 valence electrons. The number of aromatic amines is 1. The predicted octanol–water partition coefficient (Wildman–Crippen LogP) is 1.72. The summed E-state index contributed by atoms with van der Waals surface area (Å²) in [4.78, 5) is 24.9. The zero-order chi connectivity index (χ0) is 15.6. The molecule has 0 atom stereocenters. The summed E-state index contributed by atoms with van der Waals surface area (Å²) >= 11 is 5.88. The Kier molecular flexibility index (Phi) is 3.80. The van der Waals surface area contributed by atoms with Gasteiger partial charge in [0.25, 0.3) is 0 Å². The summed E-state index contributed by atoms with van der Waals surface area (Å²) in [6, 6.07) is 3.86. The van der Waals surface area contributed by atoms with Gasteiger partial charge in [-0.15, -0.1) is 0 Å². The molecule has 1 saturated heterocycles. The Morgan fingerprint density at radius 3 is 2.70 bits per heavy atom. The van der Waals surface area contributed by atoms with Gasteiger partial charge >= 0.3 is 0 Å². The molecule has 1 aliphatic heterocycles. The van der Waals surface area contributed by atoms with Crippen LogP contribution in [0.5, 0.6) is 0 Å². The fraction of sp³-hybridized carbons (Fsp3) is 0.333. The molecule has 0 bridgehead atoms. The van der Waals surface area contributed by atoms with Crippen LogP contribution in [0.15, 0.2) is 31.0 Å². The van der Waals surface area contributed by atoms with Crippen molar-refractivity contribution in [2.45, 2.75) is 6.54 Å². The number of nitrogens with zero attached hydrogens (tertiary/aromatic N) is 6. The molecule has 0 aliphatic carbocycles. The highest BCUT2D eigenvalue weighted by atomic mass is 35.5. The lowest BCUT2D eigenvalue weighted by atomic mass is 10.2. The fourth-order valence-corrected chi connectivity index (χ4v) is 2.95. The number of aromatic nitrogens is 5. The number of imidazole rings is 1. The maximum Gasteiger partial charge on any atom is 0.182 e. The van der Waals surface area contributed by atoms with Gasteiger partial charge in [-0.2, -0.15) is 0 Å². The van der Waals surface area contributed by atoms with Crippen LogP contribution in [0.3, 0.4) is 0 Å². The number of hydrogen-bond acceptors (Lipinski definition) is 6. The Hall–Kier alpha value is -2.25. The minimum Gasteiger partial charge on any atom is -0.352 e. The average molecular weight is 330 g/mol. The van der Waals surface area contributed by atoms with Crippen LogP contribution in [0.1, 0.15) is 5.69 Å². The lowest BCUT2D eigenvalue weighted by Gasteiger charge is -2.35. The molecule has 4 rings (SSSR count). The number of fused-ring (bicyclic) bond motifs is 1. The zero-order valence-electron chi connectivity index (χ0n) is 12.5. The molecule has 4 heterocycles. The van der Waals surface area contributed by atoms with Crippen LogP contribution in [0.4, 0.5) is 5.82 Å². The van der Waals surface area contributed by atoms with Crippen molar-refractivity contribution in [1.82, 2.24) is 29.8 Å². The molecule has 0 unspecified atom stereocenters. The highest BCUT2D eigenvalue weighted by molar-refractivity contribution is 6.30. The Balaban J connectivity index is 1.43. The Morgan fingerprint density at radius 2 is 1.91 bits per heavy atom. The first kappa shape index (κ1) is 14.3. The van der Waals surface area contributed by atoms with Crippen molar-refractivity contribution >= 4 is 28.6 Å². The third-order valence-corrected chi connectivity index (χ3v) is 4.27. The smallest absolute Gasteiger partial charge is 0.182 e. The van der Waals surface area contributed by atoms with Gasteiger partial charge in [-0.05, 0) is 12.1 Å². The predicted molar refractivity (Wildman–Crippen MR) is 88.4 cm³/mol. The Labute approximate surface area is 138 Å². The van der Waals surface area contributed by atoms with Crippen molar-refractivity contribution in [3.8, 4) is 0 Å². The number of anilines is 1. The van der Waals surface area contributed by atoms with Crippen LogP contribution in [0, 0.1) is 0 Å². The summed E-state index contributed by atoms with van der Waals surface area (Å²) in [6.45, 7) is 4.60. The van der Waals surface area contributed by atoms with Crippen LogP contribution >= 0.6 is 11.6 Å². The van der Waals surface area contributed by atoms with Crippen molar-refractivity contribution in [3.63, 3.8) is 0 Å². The average Bonchev–Trinajstić information content (AvgIpc) is 3.06. The first-order valence-corrected chi connectivity index (χ1v) is 7.89. The molecule has 1 fully saturated rings. The maximum absolute atomic E-state index is 5.88. The number of rotatable bonds is 3. The summed E-state index contributed by atoms with van der Waals surface area (Å²) < 4.78 is 0. The van der Waals surface area contributed by atoms with Crippen molar-refractivity contribution < 1.29 is 0 Å². The monoisotopic (exact) mass is 329 g/mol. The molecule has 7 nitrogen and oxygen atoms in total. The summed E-state index contributed by atoms with van der Waals surface area (Å²) in [6.07, 6.45) is 4.93. The van der Waals surface area contributed by atoms with Gasteiger partial charge in [0.15, 0.2) is 11.5 Å². The number of hydrogen-bond donors (Lipinski definition) is 1. The van der Waals surface area contributed by atoms with E-state index in [-0.39, 0.29) is 0 Å². The fourth-order valence-electron chi connectivity index (χ4n) is 2.84. The van der Waals surface area contributed by atoms with E-state index < -0.39 is 0 Å². The second kappa shape index (κ2) is 6.10. The van der Waals surface area contributed by atoms with Crippen molar-refractivity contribution in [1.29, 1.82) is 0 Å². The molecular weight excluding hydrogens is 314 g/mol. The second-order valence-corrected chi connectivity index (χ2v) is 5.97. The van der Waals surface area contributed by atoms with E-state index in [1.54, 1.807) is 18.9 Å². The minimum atomic E-state index is 0.672. The number of halogens is 1. The third kappa shape index (κ3) is 2.97. The van der Waals surface area contributed by atoms with Gasteiger partial charge < -0.3 is 9.88 Å². The summed E-state index contributed by atoms with van der Waals surface area (Å²) in [5.74, 6) is 0.928. The van der Waals surface area contributed by atoms with Crippen LogP contribution in [-0.2, 0) is 6.54 Å². The second-order valence-electron chi connectivity index (χ2n) is 5.53. The van der Waals surface area contributed by atoms with E-state index in [1.807, 2.05) is 12.1 Å². The van der Waals surface area contributed by atoms with E-state index >= 15 is 0 Å². The normalized spacial score (nSPS) is 16.1. The molecule has 0 spiro atoms. The number of nitrogens with one attached hydrogen (secondary N) is 1. The highest BCUT2D eigenvalue weighted by Gasteiger charge is 2.20. The third-order valence-electron chi connectivity index (χ3n) is 4.05. The largest absolute Gasteiger partial charge is 0.352 e. The molecule has 23 heavy (non-hydrogen) atoms. The molecule has 3 aromatic heterocycles. The number of piperazine rings is 1. The standard InChI is InChI=1S/C15H16ClN7/c16-11-1-2-12(17-7-11)8-22-3-5-23(6-4-22)15-13-14(19-9-18-13)20-10-21-15/h1-2,7,9-10H,3-6,8H2,(H,18,19,20,21). The Morgan fingerprint density at radius 1 is 1.04 bits per heavy atom. The maximum atomic E-state index is 5.88. The molecule has 0 radical (unpaired) electrons. The minimum absolute atomic E-state index is 0.672. The molecule has 0 aromatic carbocycles. The molecule has 8 heteroatoms. The molecule has 0 amide bonds. The molecular formula is C15H16ClN7. The quantitative estimate of drug-likeness (QED) is 0.788. The van der Waals surface area contributed by atoms with E-state index in [0.717, 1.165) is 49.8 Å². The van der Waals surface area contributed by atoms with E-state index in [1.165, 1.54) is 0 Å². The van der Waals surface area contributed by atoms with E-state index in [2.05, 4.69) is 34.7 Å². The van der Waals surface area contributed by atoms with E-state index in [4.69, 9.17) is 11.6 Å². The summed E-state index contributed by atoms with van der Waals surface area (Å²) in [5, 5.41) is 0.672. The molecule has 3 aromatic rings. The first-order valence-electron chi connectivity index (χ1n) is 7.51. The molecule has 1 aliphatic rings. The van der Waals surface area contributed by atoms with Crippen molar-refractivity contribution in [2.24, 2.45) is 0 Å². The van der Waals surface area contributed by atoms with Gasteiger partial charge in [-0.3, -0.25) is 9.88 Å². The summed E-state index contributed by atoms with van der Waals surface area (Å²) in [5.41, 5.74) is 2.66. The molecule has 0 saturated carbocycles. The van der Waals surface area contributed by atoms with Gasteiger partial charge in [0.1, 0.15) is 11.8 Å². The zero-order valence-corrected chi connectivity index (χ0v) is 13.2. The SMILES string of the molecule is Clc1ccc(CN2CCN(c3ncnc4nc[nH]c34)CC2)nc1. The molecule has 1 N–H and O–H groups in total. The first-order chi connectivity index (χ1) is 11.3. The number of pyridine rings is 1. The van der Waals surface area contributed by atoms with Crippen LogP contribution < -0.4 is 4.90 Å². The highest BCUT2D eigenvalue weighted by Crippen LogP contribution is 2.21.